The molecule has 0 aliphatic heterocycles. The molecule has 0 aliphatic carbocycles. The van der Waals surface area contributed by atoms with E-state index in [4.69, 9.17) is 0 Å². The van der Waals surface area contributed by atoms with Crippen molar-refractivity contribution in [2.24, 2.45) is 0 Å². The minimum Gasteiger partial charge on any atom is -0.303 e. The fraction of sp³-hybridized carbons (Fsp3) is 0.500. The lowest BCUT2D eigenvalue weighted by Crippen LogP contribution is -2.12. The number of hydrogen-bond donors (Lipinski definition) is 1. The second-order valence-electron chi connectivity index (χ2n) is 3.33. The van der Waals surface area contributed by atoms with Gasteiger partial charge >= 0.3 is 0 Å². The summed E-state index contributed by atoms with van der Waals surface area (Å²) in [6, 6.07) is 0. The van der Waals surface area contributed by atoms with Crippen LogP contribution in [-0.2, 0) is 4.79 Å². The zero-order chi connectivity index (χ0) is 9.61. The minimum atomic E-state index is -0.312. The van der Waals surface area contributed by atoms with E-state index >= 15 is 0 Å². The van der Waals surface area contributed by atoms with Crippen LogP contribution in [0, 0.1) is 0 Å². The van der Waals surface area contributed by atoms with Crippen molar-refractivity contribution in [2.75, 3.05) is 0 Å². The molecule has 0 saturated carbocycles. The third-order valence-corrected chi connectivity index (χ3v) is 1.71. The molecule has 0 rings (SSSR count). The molecule has 1 unspecified atom stereocenters. The van der Waals surface area contributed by atoms with Gasteiger partial charge < -0.3 is 4.79 Å². The van der Waals surface area contributed by atoms with Gasteiger partial charge in [-0.1, -0.05) is 23.8 Å². The molecule has 0 bridgehead atoms. The van der Waals surface area contributed by atoms with Crippen molar-refractivity contribution in [3.63, 3.8) is 0 Å². The standard InChI is InChI=1S/C10H16OS/c1-9(2)5-4-6-10(3,12)7-8-11/h4-6,8,12H,7H2,1-3H3. The lowest BCUT2D eigenvalue weighted by atomic mass is 10.1. The summed E-state index contributed by atoms with van der Waals surface area (Å²) in [5, 5.41) is 0. The van der Waals surface area contributed by atoms with Gasteiger partial charge in [-0.05, 0) is 20.8 Å². The summed E-state index contributed by atoms with van der Waals surface area (Å²) in [5.41, 5.74) is 1.24. The predicted molar refractivity (Wildman–Crippen MR) is 56.6 cm³/mol. The molecule has 0 heterocycles. The van der Waals surface area contributed by atoms with Gasteiger partial charge in [-0.15, -0.1) is 0 Å². The Hall–Kier alpha value is -0.500. The van der Waals surface area contributed by atoms with Crippen molar-refractivity contribution in [3.05, 3.63) is 23.8 Å². The monoisotopic (exact) mass is 184 g/mol. The van der Waals surface area contributed by atoms with Gasteiger partial charge in [0.15, 0.2) is 0 Å². The molecule has 12 heavy (non-hydrogen) atoms. The molecule has 0 N–H and O–H groups in total. The largest absolute Gasteiger partial charge is 0.303 e. The predicted octanol–water partition coefficient (Wildman–Crippen LogP) is 2.79. The van der Waals surface area contributed by atoms with Crippen LogP contribution < -0.4 is 0 Å². The fourth-order valence-corrected chi connectivity index (χ4v) is 0.845. The second-order valence-corrected chi connectivity index (χ2v) is 4.35. The highest BCUT2D eigenvalue weighted by Crippen LogP contribution is 2.18. The Morgan fingerprint density at radius 2 is 2.08 bits per heavy atom. The van der Waals surface area contributed by atoms with Crippen LogP contribution in [0.5, 0.6) is 0 Å². The first kappa shape index (κ1) is 11.5. The first-order valence-electron chi connectivity index (χ1n) is 3.97. The summed E-state index contributed by atoms with van der Waals surface area (Å²) >= 11 is 4.32. The number of allylic oxidation sites excluding steroid dienone is 3. The summed E-state index contributed by atoms with van der Waals surface area (Å²) in [6.07, 6.45) is 7.20. The molecule has 0 radical (unpaired) electrons. The molecule has 0 spiro atoms. The molecule has 1 nitrogen and oxygen atoms in total. The zero-order valence-corrected chi connectivity index (χ0v) is 8.77. The van der Waals surface area contributed by atoms with E-state index in [9.17, 15) is 4.79 Å². The first-order valence-corrected chi connectivity index (χ1v) is 4.41. The highest BCUT2D eigenvalue weighted by atomic mass is 32.1. The first-order chi connectivity index (χ1) is 5.48. The SMILES string of the molecule is CC(C)=CC=CC(C)(S)CC=O. The number of carbonyl (C=O) groups excluding carboxylic acids is 1. The average Bonchev–Trinajstić information content (AvgIpc) is 1.85. The van der Waals surface area contributed by atoms with Gasteiger partial charge in [-0.25, -0.2) is 0 Å². The maximum Gasteiger partial charge on any atom is 0.121 e. The molecular weight excluding hydrogens is 168 g/mol. The normalized spacial score (nSPS) is 15.7. The molecule has 0 aromatic carbocycles. The lowest BCUT2D eigenvalue weighted by molar-refractivity contribution is -0.108. The van der Waals surface area contributed by atoms with Crippen molar-refractivity contribution < 1.29 is 4.79 Å². The average molecular weight is 184 g/mol. The van der Waals surface area contributed by atoms with E-state index in [1.807, 2.05) is 39.0 Å². The number of thiol groups is 1. The maximum atomic E-state index is 10.2. The number of rotatable bonds is 4. The van der Waals surface area contributed by atoms with E-state index in [-0.39, 0.29) is 4.75 Å². The smallest absolute Gasteiger partial charge is 0.121 e. The zero-order valence-electron chi connectivity index (χ0n) is 7.87. The molecule has 0 saturated heterocycles. The van der Waals surface area contributed by atoms with Gasteiger partial charge in [0.1, 0.15) is 6.29 Å². The van der Waals surface area contributed by atoms with Crippen LogP contribution in [0.25, 0.3) is 0 Å². The Balaban J connectivity index is 4.13. The van der Waals surface area contributed by atoms with Crippen LogP contribution in [0.3, 0.4) is 0 Å². The molecular formula is C10H16OS. The van der Waals surface area contributed by atoms with Crippen molar-refractivity contribution in [1.82, 2.24) is 0 Å². The second kappa shape index (κ2) is 5.20. The summed E-state index contributed by atoms with van der Waals surface area (Å²) in [5.74, 6) is 0. The van der Waals surface area contributed by atoms with E-state index in [0.29, 0.717) is 6.42 Å². The van der Waals surface area contributed by atoms with Gasteiger partial charge in [0.05, 0.1) is 0 Å². The fourth-order valence-electron chi connectivity index (χ4n) is 0.685. The molecule has 0 aromatic heterocycles. The van der Waals surface area contributed by atoms with Crippen molar-refractivity contribution in [3.8, 4) is 0 Å². The summed E-state index contributed by atoms with van der Waals surface area (Å²) in [6.45, 7) is 5.97. The molecule has 0 aliphatic rings. The summed E-state index contributed by atoms with van der Waals surface area (Å²) in [7, 11) is 0. The Morgan fingerprint density at radius 1 is 1.50 bits per heavy atom. The van der Waals surface area contributed by atoms with E-state index in [0.717, 1.165) is 6.29 Å². The third kappa shape index (κ3) is 6.23. The van der Waals surface area contributed by atoms with E-state index in [1.165, 1.54) is 5.57 Å². The highest BCUT2D eigenvalue weighted by molar-refractivity contribution is 7.82. The summed E-state index contributed by atoms with van der Waals surface area (Å²) in [4.78, 5) is 10.2. The summed E-state index contributed by atoms with van der Waals surface area (Å²) < 4.78 is -0.312. The van der Waals surface area contributed by atoms with E-state index in [1.54, 1.807) is 0 Å². The van der Waals surface area contributed by atoms with Gasteiger partial charge in [-0.3, -0.25) is 0 Å². The van der Waals surface area contributed by atoms with Gasteiger partial charge in [0, 0.05) is 11.2 Å². The van der Waals surface area contributed by atoms with E-state index in [2.05, 4.69) is 12.6 Å². The van der Waals surface area contributed by atoms with Gasteiger partial charge in [-0.2, -0.15) is 12.6 Å². The third-order valence-electron chi connectivity index (χ3n) is 1.38. The van der Waals surface area contributed by atoms with Crippen LogP contribution in [0.2, 0.25) is 0 Å². The van der Waals surface area contributed by atoms with Crippen LogP contribution in [0.1, 0.15) is 27.2 Å². The molecule has 0 amide bonds. The molecule has 68 valence electrons. The van der Waals surface area contributed by atoms with Crippen molar-refractivity contribution in [1.29, 1.82) is 0 Å². The Kier molecular flexibility index (Phi) is 4.98. The van der Waals surface area contributed by atoms with Crippen molar-refractivity contribution >= 4 is 18.9 Å². The number of hydrogen-bond acceptors (Lipinski definition) is 2. The lowest BCUT2D eigenvalue weighted by Gasteiger charge is -2.13. The topological polar surface area (TPSA) is 17.1 Å². The van der Waals surface area contributed by atoms with Crippen molar-refractivity contribution in [2.45, 2.75) is 31.9 Å². The molecule has 2 heteroatoms. The Labute approximate surface area is 80.0 Å². The minimum absolute atomic E-state index is 0.312. The molecule has 1 atom stereocenters. The van der Waals surface area contributed by atoms with Gasteiger partial charge in [0.2, 0.25) is 0 Å². The van der Waals surface area contributed by atoms with Crippen LogP contribution in [0.15, 0.2) is 23.8 Å². The molecule has 0 fully saturated rings. The maximum absolute atomic E-state index is 10.2. The van der Waals surface area contributed by atoms with Crippen LogP contribution >= 0.6 is 12.6 Å². The Morgan fingerprint density at radius 3 is 2.50 bits per heavy atom. The highest BCUT2D eigenvalue weighted by Gasteiger charge is 2.12. The van der Waals surface area contributed by atoms with Crippen LogP contribution in [0.4, 0.5) is 0 Å². The van der Waals surface area contributed by atoms with Crippen LogP contribution in [-0.4, -0.2) is 11.0 Å². The quantitative estimate of drug-likeness (QED) is 0.404. The number of carbonyl (C=O) groups is 1. The number of aldehydes is 1. The molecule has 0 aromatic rings. The van der Waals surface area contributed by atoms with E-state index < -0.39 is 0 Å². The van der Waals surface area contributed by atoms with Gasteiger partial charge in [0.25, 0.3) is 0 Å². The Bertz CT molecular complexity index is 198.